The first-order chi connectivity index (χ1) is 16.4. The predicted octanol–water partition coefficient (Wildman–Crippen LogP) is 2.73. The molecule has 2 heterocycles. The summed E-state index contributed by atoms with van der Waals surface area (Å²) in [5, 5.41) is 3.58. The molecule has 0 saturated carbocycles. The zero-order chi connectivity index (χ0) is 24.3. The lowest BCUT2D eigenvalue weighted by Crippen LogP contribution is -2.51. The molecule has 2 aliphatic heterocycles. The standard InChI is InChI=1S/C25H30N4O5/c1-4-25(17-9-6-5-7-10-17)23(31)29(24(32)26-25)27-22(30)16-28-14-8-11-20(28)19-13-12-18(33-2)15-21(19)34-3/h5-7,9-10,12-13,15,20H,4,8,11,14,16H2,1-3H3,(H,26,32)(H,27,30)/t20-,25+/m1/s1. The molecule has 2 saturated heterocycles. The van der Waals surface area contributed by atoms with Crippen molar-refractivity contribution in [2.75, 3.05) is 27.3 Å². The van der Waals surface area contributed by atoms with E-state index in [1.807, 2.05) is 48.2 Å². The summed E-state index contributed by atoms with van der Waals surface area (Å²) in [6, 6.07) is 14.1. The van der Waals surface area contributed by atoms with Gasteiger partial charge in [-0.2, -0.15) is 5.01 Å². The van der Waals surface area contributed by atoms with Crippen molar-refractivity contribution in [2.24, 2.45) is 0 Å². The van der Waals surface area contributed by atoms with Gasteiger partial charge in [0.05, 0.1) is 20.8 Å². The lowest BCUT2D eigenvalue weighted by atomic mass is 9.87. The van der Waals surface area contributed by atoms with Crippen molar-refractivity contribution in [2.45, 2.75) is 37.8 Å². The summed E-state index contributed by atoms with van der Waals surface area (Å²) in [5.41, 5.74) is 2.98. The monoisotopic (exact) mass is 466 g/mol. The lowest BCUT2D eigenvalue weighted by molar-refractivity contribution is -0.140. The number of nitrogens with zero attached hydrogens (tertiary/aromatic N) is 2. The minimum atomic E-state index is -1.20. The minimum Gasteiger partial charge on any atom is -0.497 e. The minimum absolute atomic E-state index is 0.0197. The quantitative estimate of drug-likeness (QED) is 0.581. The lowest BCUT2D eigenvalue weighted by Gasteiger charge is -2.27. The molecular weight excluding hydrogens is 436 g/mol. The molecule has 0 aromatic heterocycles. The molecule has 2 aromatic carbocycles. The van der Waals surface area contributed by atoms with Crippen LogP contribution in [0.4, 0.5) is 4.79 Å². The Morgan fingerprint density at radius 3 is 2.59 bits per heavy atom. The van der Waals surface area contributed by atoms with Gasteiger partial charge < -0.3 is 14.8 Å². The first-order valence-electron chi connectivity index (χ1n) is 11.4. The van der Waals surface area contributed by atoms with E-state index in [-0.39, 0.29) is 12.6 Å². The Hall–Kier alpha value is -3.59. The SMILES string of the molecule is CC[C@@]1(c2ccccc2)NC(=O)N(NC(=O)CN2CCC[C@@H]2c2ccc(OC)cc2OC)C1=O. The molecule has 0 aliphatic carbocycles. The zero-order valence-corrected chi connectivity index (χ0v) is 19.7. The number of likely N-dealkylation sites (tertiary alicyclic amines) is 1. The molecular formula is C25H30N4O5. The van der Waals surface area contributed by atoms with Gasteiger partial charge in [0.15, 0.2) is 0 Å². The largest absolute Gasteiger partial charge is 0.497 e. The van der Waals surface area contributed by atoms with Crippen LogP contribution < -0.4 is 20.2 Å². The van der Waals surface area contributed by atoms with Crippen LogP contribution in [0.25, 0.3) is 0 Å². The fourth-order valence-electron chi connectivity index (χ4n) is 4.84. The fraction of sp³-hybridized carbons (Fsp3) is 0.400. The fourth-order valence-corrected chi connectivity index (χ4v) is 4.84. The molecule has 4 rings (SSSR count). The highest BCUT2D eigenvalue weighted by atomic mass is 16.5. The van der Waals surface area contributed by atoms with Crippen LogP contribution in [0, 0.1) is 0 Å². The predicted molar refractivity (Wildman–Crippen MR) is 125 cm³/mol. The number of ether oxygens (including phenoxy) is 2. The highest BCUT2D eigenvalue weighted by Crippen LogP contribution is 2.38. The number of nitrogens with one attached hydrogen (secondary N) is 2. The Morgan fingerprint density at radius 1 is 1.15 bits per heavy atom. The van der Waals surface area contributed by atoms with Crippen LogP contribution in [-0.2, 0) is 15.1 Å². The highest BCUT2D eigenvalue weighted by molar-refractivity contribution is 6.08. The van der Waals surface area contributed by atoms with E-state index in [1.54, 1.807) is 26.4 Å². The van der Waals surface area contributed by atoms with Gasteiger partial charge in [-0.05, 0) is 37.4 Å². The molecule has 0 bridgehead atoms. The first-order valence-corrected chi connectivity index (χ1v) is 11.4. The van der Waals surface area contributed by atoms with Crippen LogP contribution in [0.15, 0.2) is 48.5 Å². The Morgan fingerprint density at radius 2 is 1.91 bits per heavy atom. The van der Waals surface area contributed by atoms with Crippen molar-refractivity contribution >= 4 is 17.8 Å². The Kier molecular flexibility index (Phi) is 6.74. The number of hydrogen-bond acceptors (Lipinski definition) is 6. The first kappa shape index (κ1) is 23.6. The number of methoxy groups -OCH3 is 2. The number of carbonyl (C=O) groups excluding carboxylic acids is 3. The maximum atomic E-state index is 13.3. The summed E-state index contributed by atoms with van der Waals surface area (Å²) >= 11 is 0. The van der Waals surface area contributed by atoms with E-state index in [2.05, 4.69) is 10.7 Å². The zero-order valence-electron chi connectivity index (χ0n) is 19.7. The van der Waals surface area contributed by atoms with Crippen molar-refractivity contribution in [1.82, 2.24) is 20.7 Å². The summed E-state index contributed by atoms with van der Waals surface area (Å²) in [6.07, 6.45) is 2.15. The van der Waals surface area contributed by atoms with Crippen molar-refractivity contribution in [3.05, 3.63) is 59.7 Å². The number of benzene rings is 2. The van der Waals surface area contributed by atoms with E-state index in [4.69, 9.17) is 9.47 Å². The van der Waals surface area contributed by atoms with E-state index < -0.39 is 23.4 Å². The average molecular weight is 467 g/mol. The molecule has 0 spiro atoms. The molecule has 9 heteroatoms. The van der Waals surface area contributed by atoms with Crippen molar-refractivity contribution in [3.63, 3.8) is 0 Å². The molecule has 9 nitrogen and oxygen atoms in total. The normalized spacial score (nSPS) is 22.6. The van der Waals surface area contributed by atoms with Gasteiger partial charge in [-0.3, -0.25) is 19.9 Å². The Bertz CT molecular complexity index is 1080. The number of rotatable bonds is 8. The van der Waals surface area contributed by atoms with Gasteiger partial charge in [-0.15, -0.1) is 0 Å². The molecule has 4 amide bonds. The van der Waals surface area contributed by atoms with E-state index >= 15 is 0 Å². The number of hydrazine groups is 1. The van der Waals surface area contributed by atoms with Crippen LogP contribution in [0.1, 0.15) is 43.4 Å². The molecule has 2 atom stereocenters. The van der Waals surface area contributed by atoms with Crippen LogP contribution >= 0.6 is 0 Å². The number of urea groups is 1. The average Bonchev–Trinajstić information content (AvgIpc) is 3.42. The van der Waals surface area contributed by atoms with E-state index in [9.17, 15) is 14.4 Å². The molecule has 0 radical (unpaired) electrons. The Labute approximate surface area is 199 Å². The second kappa shape index (κ2) is 9.72. The summed E-state index contributed by atoms with van der Waals surface area (Å²) in [4.78, 5) is 40.9. The number of carbonyl (C=O) groups is 3. The topological polar surface area (TPSA) is 100 Å². The maximum Gasteiger partial charge on any atom is 0.344 e. The molecule has 2 aliphatic rings. The van der Waals surface area contributed by atoms with Gasteiger partial charge in [-0.25, -0.2) is 4.79 Å². The van der Waals surface area contributed by atoms with E-state index in [1.165, 1.54) is 0 Å². The van der Waals surface area contributed by atoms with Gasteiger partial charge in [-0.1, -0.05) is 43.3 Å². The van der Waals surface area contributed by atoms with Crippen LogP contribution in [0.5, 0.6) is 11.5 Å². The van der Waals surface area contributed by atoms with E-state index in [0.717, 1.165) is 30.0 Å². The second-order valence-corrected chi connectivity index (χ2v) is 8.47. The second-order valence-electron chi connectivity index (χ2n) is 8.47. The number of hydrogen-bond donors (Lipinski definition) is 2. The molecule has 180 valence electrons. The summed E-state index contributed by atoms with van der Waals surface area (Å²) in [5.74, 6) is 0.470. The molecule has 34 heavy (non-hydrogen) atoms. The van der Waals surface area contributed by atoms with Gasteiger partial charge in [0.1, 0.15) is 17.0 Å². The molecule has 2 N–H and O–H groups in total. The van der Waals surface area contributed by atoms with Crippen LogP contribution in [0.3, 0.4) is 0 Å². The van der Waals surface area contributed by atoms with Crippen molar-refractivity contribution < 1.29 is 23.9 Å². The Balaban J connectivity index is 1.47. The third-order valence-electron chi connectivity index (χ3n) is 6.64. The van der Waals surface area contributed by atoms with Gasteiger partial charge in [0, 0.05) is 17.7 Å². The summed E-state index contributed by atoms with van der Waals surface area (Å²) in [7, 11) is 3.20. The third-order valence-corrected chi connectivity index (χ3v) is 6.64. The molecule has 2 fully saturated rings. The van der Waals surface area contributed by atoms with Gasteiger partial charge in [0.25, 0.3) is 11.8 Å². The molecule has 0 unspecified atom stereocenters. The highest BCUT2D eigenvalue weighted by Gasteiger charge is 2.52. The smallest absolute Gasteiger partial charge is 0.344 e. The van der Waals surface area contributed by atoms with Crippen molar-refractivity contribution in [3.8, 4) is 11.5 Å². The third kappa shape index (κ3) is 4.19. The van der Waals surface area contributed by atoms with Gasteiger partial charge in [0.2, 0.25) is 0 Å². The van der Waals surface area contributed by atoms with E-state index in [0.29, 0.717) is 23.5 Å². The van der Waals surface area contributed by atoms with Gasteiger partial charge >= 0.3 is 6.03 Å². The van der Waals surface area contributed by atoms with Crippen molar-refractivity contribution in [1.29, 1.82) is 0 Å². The summed E-state index contributed by atoms with van der Waals surface area (Å²) < 4.78 is 10.8. The molecule has 2 aromatic rings. The van der Waals surface area contributed by atoms with Crippen LogP contribution in [0.2, 0.25) is 0 Å². The number of amides is 4. The number of imide groups is 1. The summed E-state index contributed by atoms with van der Waals surface area (Å²) in [6.45, 7) is 2.59. The maximum absolute atomic E-state index is 13.3. The van der Waals surface area contributed by atoms with Crippen LogP contribution in [-0.4, -0.2) is 55.1 Å².